The second-order valence-electron chi connectivity index (χ2n) is 6.36. The predicted octanol–water partition coefficient (Wildman–Crippen LogP) is 2.63. The molecule has 132 valence electrons. The van der Waals surface area contributed by atoms with E-state index in [-0.39, 0.29) is 5.56 Å². The van der Waals surface area contributed by atoms with E-state index in [9.17, 15) is 4.79 Å². The smallest absolute Gasteiger partial charge is 0.255 e. The van der Waals surface area contributed by atoms with Gasteiger partial charge in [0.1, 0.15) is 11.6 Å². The quantitative estimate of drug-likeness (QED) is 0.743. The minimum absolute atomic E-state index is 0.0937. The molecule has 1 aliphatic rings. The summed E-state index contributed by atoms with van der Waals surface area (Å²) in [4.78, 5) is 26.5. The number of anilines is 1. The Balaban J connectivity index is 1.59. The van der Waals surface area contributed by atoms with E-state index in [4.69, 9.17) is 17.3 Å². The van der Waals surface area contributed by atoms with E-state index >= 15 is 0 Å². The molecule has 4 rings (SSSR count). The molecule has 0 radical (unpaired) electrons. The first-order valence-electron chi connectivity index (χ1n) is 8.40. The van der Waals surface area contributed by atoms with Gasteiger partial charge in [-0.3, -0.25) is 9.69 Å². The lowest BCUT2D eigenvalue weighted by atomic mass is 10.1. The number of aromatic nitrogens is 3. The summed E-state index contributed by atoms with van der Waals surface area (Å²) in [6.45, 7) is 2.03. The molecule has 7 heteroatoms. The van der Waals surface area contributed by atoms with E-state index in [0.29, 0.717) is 29.8 Å². The number of rotatable bonds is 3. The summed E-state index contributed by atoms with van der Waals surface area (Å²) in [6.07, 6.45) is 2.40. The lowest BCUT2D eigenvalue weighted by Crippen LogP contribution is -2.35. The van der Waals surface area contributed by atoms with Crippen molar-refractivity contribution in [2.45, 2.75) is 19.5 Å². The fraction of sp³-hybridized carbons (Fsp3) is 0.211. The van der Waals surface area contributed by atoms with Crippen LogP contribution in [-0.4, -0.2) is 26.4 Å². The number of nitrogens with two attached hydrogens (primary N) is 1. The number of fused-ring (bicyclic) bond motifs is 1. The van der Waals surface area contributed by atoms with Gasteiger partial charge in [0, 0.05) is 48.4 Å². The third-order valence-electron chi connectivity index (χ3n) is 4.59. The maximum atomic E-state index is 12.6. The summed E-state index contributed by atoms with van der Waals surface area (Å²) in [5.41, 5.74) is 9.23. The van der Waals surface area contributed by atoms with E-state index < -0.39 is 0 Å². The fourth-order valence-corrected chi connectivity index (χ4v) is 3.31. The maximum absolute atomic E-state index is 12.6. The van der Waals surface area contributed by atoms with Crippen LogP contribution in [0.5, 0.6) is 0 Å². The zero-order valence-electron chi connectivity index (χ0n) is 14.1. The largest absolute Gasteiger partial charge is 0.383 e. The first kappa shape index (κ1) is 16.8. The van der Waals surface area contributed by atoms with Crippen molar-refractivity contribution in [2.24, 2.45) is 0 Å². The molecule has 2 aromatic heterocycles. The molecule has 3 aromatic rings. The molecule has 6 nitrogen and oxygen atoms in total. The molecular weight excluding hydrogens is 350 g/mol. The maximum Gasteiger partial charge on any atom is 0.255 e. The van der Waals surface area contributed by atoms with Gasteiger partial charge in [0.05, 0.1) is 11.3 Å². The first-order chi connectivity index (χ1) is 12.6. The molecule has 26 heavy (non-hydrogen) atoms. The van der Waals surface area contributed by atoms with E-state index in [0.717, 1.165) is 35.3 Å². The fourth-order valence-electron chi connectivity index (χ4n) is 3.19. The van der Waals surface area contributed by atoms with Gasteiger partial charge in [0.15, 0.2) is 0 Å². The average Bonchev–Trinajstić information content (AvgIpc) is 2.64. The van der Waals surface area contributed by atoms with Crippen LogP contribution in [0, 0.1) is 0 Å². The van der Waals surface area contributed by atoms with Crippen LogP contribution in [0.2, 0.25) is 5.02 Å². The van der Waals surface area contributed by atoms with Crippen molar-refractivity contribution in [3.05, 3.63) is 74.8 Å². The second kappa shape index (κ2) is 6.90. The van der Waals surface area contributed by atoms with Gasteiger partial charge in [-0.2, -0.15) is 0 Å². The van der Waals surface area contributed by atoms with Gasteiger partial charge in [-0.25, -0.2) is 9.97 Å². The molecule has 3 heterocycles. The number of H-pyrrole nitrogens is 1. The number of hydrogen-bond donors (Lipinski definition) is 2. The highest BCUT2D eigenvalue weighted by Crippen LogP contribution is 2.22. The number of pyridine rings is 1. The van der Waals surface area contributed by atoms with E-state index in [1.807, 2.05) is 24.3 Å². The number of halogens is 1. The molecule has 0 aliphatic carbocycles. The van der Waals surface area contributed by atoms with Crippen LogP contribution in [-0.2, 0) is 19.5 Å². The summed E-state index contributed by atoms with van der Waals surface area (Å²) in [5.74, 6) is 1.11. The highest BCUT2D eigenvalue weighted by Gasteiger charge is 2.22. The van der Waals surface area contributed by atoms with Gasteiger partial charge in [-0.1, -0.05) is 17.7 Å². The number of nitrogens with zero attached hydrogens (tertiary/aromatic N) is 3. The lowest BCUT2D eigenvalue weighted by molar-refractivity contribution is 0.242. The van der Waals surface area contributed by atoms with Crippen molar-refractivity contribution >= 4 is 17.4 Å². The number of hydrogen-bond acceptors (Lipinski definition) is 5. The minimum Gasteiger partial charge on any atom is -0.383 e. The Kier molecular flexibility index (Phi) is 4.44. The topological polar surface area (TPSA) is 87.9 Å². The number of aromatic amines is 1. The third-order valence-corrected chi connectivity index (χ3v) is 4.84. The van der Waals surface area contributed by atoms with E-state index in [2.05, 4.69) is 19.9 Å². The molecule has 0 saturated heterocycles. The minimum atomic E-state index is -0.0937. The highest BCUT2D eigenvalue weighted by molar-refractivity contribution is 6.30. The van der Waals surface area contributed by atoms with Gasteiger partial charge in [-0.05, 0) is 30.3 Å². The Morgan fingerprint density at radius 1 is 1.23 bits per heavy atom. The molecule has 0 bridgehead atoms. The molecule has 0 atom stereocenters. The van der Waals surface area contributed by atoms with Crippen LogP contribution in [0.15, 0.2) is 47.4 Å². The van der Waals surface area contributed by atoms with Gasteiger partial charge >= 0.3 is 0 Å². The van der Waals surface area contributed by atoms with Gasteiger partial charge < -0.3 is 10.7 Å². The Morgan fingerprint density at radius 3 is 2.81 bits per heavy atom. The molecule has 0 fully saturated rings. The summed E-state index contributed by atoms with van der Waals surface area (Å²) in [5, 5.41) is 0.652. The van der Waals surface area contributed by atoms with Crippen molar-refractivity contribution in [3.63, 3.8) is 0 Å². The number of benzene rings is 1. The van der Waals surface area contributed by atoms with Gasteiger partial charge in [-0.15, -0.1) is 0 Å². The summed E-state index contributed by atoms with van der Waals surface area (Å²) in [6, 6.07) is 11.1. The normalized spacial score (nSPS) is 14.2. The standard InChI is InChI=1S/C19H18ClN5O/c20-14-5-3-12(4-6-14)18-23-16-7-9-25(11-15(16)19(26)24-18)10-13-2-1-8-22-17(13)21/h1-6,8H,7,9-11H2,(H2,21,22)(H,23,24,26). The third kappa shape index (κ3) is 3.34. The Morgan fingerprint density at radius 2 is 2.04 bits per heavy atom. The second-order valence-corrected chi connectivity index (χ2v) is 6.79. The molecule has 1 aliphatic heterocycles. The molecule has 0 spiro atoms. The van der Waals surface area contributed by atoms with Crippen LogP contribution < -0.4 is 11.3 Å². The lowest BCUT2D eigenvalue weighted by Gasteiger charge is -2.28. The monoisotopic (exact) mass is 367 g/mol. The first-order valence-corrected chi connectivity index (χ1v) is 8.77. The summed E-state index contributed by atoms with van der Waals surface area (Å²) < 4.78 is 0. The van der Waals surface area contributed by atoms with Crippen LogP contribution in [0.1, 0.15) is 16.8 Å². The van der Waals surface area contributed by atoms with Crippen molar-refractivity contribution in [1.82, 2.24) is 19.9 Å². The predicted molar refractivity (Wildman–Crippen MR) is 102 cm³/mol. The van der Waals surface area contributed by atoms with Crippen molar-refractivity contribution < 1.29 is 0 Å². The highest BCUT2D eigenvalue weighted by atomic mass is 35.5. The van der Waals surface area contributed by atoms with Gasteiger partial charge in [0.25, 0.3) is 5.56 Å². The molecule has 3 N–H and O–H groups in total. The SMILES string of the molecule is Nc1ncccc1CN1CCc2nc(-c3ccc(Cl)cc3)[nH]c(=O)c2C1. The molecule has 0 amide bonds. The zero-order valence-corrected chi connectivity index (χ0v) is 14.8. The Bertz CT molecular complexity index is 1000. The van der Waals surface area contributed by atoms with Crippen molar-refractivity contribution in [1.29, 1.82) is 0 Å². The average molecular weight is 368 g/mol. The van der Waals surface area contributed by atoms with Crippen LogP contribution in [0.3, 0.4) is 0 Å². The number of nitrogen functional groups attached to an aromatic ring is 1. The van der Waals surface area contributed by atoms with Crippen LogP contribution >= 0.6 is 11.6 Å². The summed E-state index contributed by atoms with van der Waals surface area (Å²) in [7, 11) is 0. The molecule has 0 unspecified atom stereocenters. The Labute approximate surface area is 155 Å². The molecule has 0 saturated carbocycles. The number of nitrogens with one attached hydrogen (secondary N) is 1. The zero-order chi connectivity index (χ0) is 18.1. The summed E-state index contributed by atoms with van der Waals surface area (Å²) >= 11 is 5.93. The van der Waals surface area contributed by atoms with E-state index in [1.54, 1.807) is 18.3 Å². The molecule has 1 aromatic carbocycles. The van der Waals surface area contributed by atoms with Crippen molar-refractivity contribution in [2.75, 3.05) is 12.3 Å². The Hall–Kier alpha value is -2.70. The van der Waals surface area contributed by atoms with Gasteiger partial charge in [0.2, 0.25) is 0 Å². The van der Waals surface area contributed by atoms with E-state index in [1.165, 1.54) is 0 Å². The molecular formula is C19H18ClN5O. The van der Waals surface area contributed by atoms with Crippen molar-refractivity contribution in [3.8, 4) is 11.4 Å². The van der Waals surface area contributed by atoms with Crippen LogP contribution in [0.4, 0.5) is 5.82 Å². The van der Waals surface area contributed by atoms with Crippen LogP contribution in [0.25, 0.3) is 11.4 Å².